The van der Waals surface area contributed by atoms with Crippen molar-refractivity contribution in [3.63, 3.8) is 0 Å². The zero-order chi connectivity index (χ0) is 21.3. The van der Waals surface area contributed by atoms with Crippen LogP contribution in [0.1, 0.15) is 19.8 Å². The zero-order valence-corrected chi connectivity index (χ0v) is 16.8. The van der Waals surface area contributed by atoms with Gasteiger partial charge in [-0.2, -0.15) is 0 Å². The SMILES string of the molecule is CCOC(=O)C1CCCN(c2ncnc(NNC(=O)COc3ccccc3)c2N)C1. The van der Waals surface area contributed by atoms with Gasteiger partial charge in [-0.25, -0.2) is 9.97 Å². The van der Waals surface area contributed by atoms with Crippen LogP contribution in [0.5, 0.6) is 5.75 Å². The molecular formula is C20H26N6O4. The van der Waals surface area contributed by atoms with Crippen LogP contribution < -0.4 is 26.2 Å². The van der Waals surface area contributed by atoms with Gasteiger partial charge >= 0.3 is 5.97 Å². The lowest BCUT2D eigenvalue weighted by molar-refractivity contribution is -0.148. The maximum atomic E-state index is 12.1. The molecule has 3 rings (SSSR count). The van der Waals surface area contributed by atoms with E-state index in [1.807, 2.05) is 23.1 Å². The lowest BCUT2D eigenvalue weighted by atomic mass is 9.98. The number of hydrazine groups is 1. The maximum absolute atomic E-state index is 12.1. The number of nitrogen functional groups attached to an aromatic ring is 1. The number of anilines is 3. The summed E-state index contributed by atoms with van der Waals surface area (Å²) in [5.41, 5.74) is 11.7. The number of nitrogens with two attached hydrogens (primary N) is 1. The summed E-state index contributed by atoms with van der Waals surface area (Å²) in [6.07, 6.45) is 2.95. The van der Waals surface area contributed by atoms with E-state index < -0.39 is 5.91 Å². The van der Waals surface area contributed by atoms with Gasteiger partial charge in [0.1, 0.15) is 17.8 Å². The van der Waals surface area contributed by atoms with Crippen molar-refractivity contribution in [1.29, 1.82) is 0 Å². The second-order valence-electron chi connectivity index (χ2n) is 6.77. The van der Waals surface area contributed by atoms with Crippen molar-refractivity contribution in [3.8, 4) is 5.75 Å². The molecule has 0 saturated carbocycles. The van der Waals surface area contributed by atoms with E-state index in [9.17, 15) is 9.59 Å². The number of hydrogen-bond acceptors (Lipinski definition) is 9. The Hall–Kier alpha value is -3.56. The molecule has 4 N–H and O–H groups in total. The molecule has 1 aromatic carbocycles. The summed E-state index contributed by atoms with van der Waals surface area (Å²) >= 11 is 0. The van der Waals surface area contributed by atoms with Crippen LogP contribution in [0.2, 0.25) is 0 Å². The highest BCUT2D eigenvalue weighted by Gasteiger charge is 2.29. The fourth-order valence-corrected chi connectivity index (χ4v) is 3.19. The van der Waals surface area contributed by atoms with Crippen molar-refractivity contribution in [2.24, 2.45) is 5.92 Å². The molecule has 2 heterocycles. The van der Waals surface area contributed by atoms with Crippen molar-refractivity contribution in [1.82, 2.24) is 15.4 Å². The molecule has 30 heavy (non-hydrogen) atoms. The molecule has 10 heteroatoms. The smallest absolute Gasteiger partial charge is 0.310 e. The van der Waals surface area contributed by atoms with Crippen molar-refractivity contribution < 1.29 is 19.1 Å². The van der Waals surface area contributed by atoms with Gasteiger partial charge in [0.2, 0.25) is 0 Å². The molecule has 1 aromatic heterocycles. The average Bonchev–Trinajstić information content (AvgIpc) is 2.78. The molecular weight excluding hydrogens is 388 g/mol. The van der Waals surface area contributed by atoms with E-state index in [0.29, 0.717) is 31.3 Å². The van der Waals surface area contributed by atoms with Crippen LogP contribution in [0.3, 0.4) is 0 Å². The first-order valence-electron chi connectivity index (χ1n) is 9.83. The highest BCUT2D eigenvalue weighted by Crippen LogP contribution is 2.29. The summed E-state index contributed by atoms with van der Waals surface area (Å²) in [5.74, 6) is 0.553. The van der Waals surface area contributed by atoms with Gasteiger partial charge in [0.25, 0.3) is 5.91 Å². The Morgan fingerprint density at radius 2 is 2.07 bits per heavy atom. The first kappa shape index (κ1) is 21.2. The largest absolute Gasteiger partial charge is 0.484 e. The van der Waals surface area contributed by atoms with Crippen LogP contribution >= 0.6 is 0 Å². The van der Waals surface area contributed by atoms with E-state index in [2.05, 4.69) is 20.8 Å². The Balaban J connectivity index is 1.58. The van der Waals surface area contributed by atoms with Crippen molar-refractivity contribution in [2.45, 2.75) is 19.8 Å². The monoisotopic (exact) mass is 414 g/mol. The Morgan fingerprint density at radius 3 is 2.83 bits per heavy atom. The van der Waals surface area contributed by atoms with Gasteiger partial charge in [0.15, 0.2) is 18.2 Å². The second kappa shape index (κ2) is 10.3. The Labute approximate surface area is 174 Å². The quantitative estimate of drug-likeness (QED) is 0.433. The van der Waals surface area contributed by atoms with E-state index in [-0.39, 0.29) is 30.0 Å². The Bertz CT molecular complexity index is 864. The van der Waals surface area contributed by atoms with Gasteiger partial charge < -0.3 is 20.1 Å². The van der Waals surface area contributed by atoms with Crippen LogP contribution in [-0.4, -0.2) is 48.1 Å². The lowest BCUT2D eigenvalue weighted by Gasteiger charge is -2.33. The molecule has 2 aromatic rings. The number of ether oxygens (including phenoxy) is 2. The summed E-state index contributed by atoms with van der Waals surface area (Å²) in [5, 5.41) is 0. The van der Waals surface area contributed by atoms with Gasteiger partial charge in [0.05, 0.1) is 12.5 Å². The van der Waals surface area contributed by atoms with Gasteiger partial charge in [-0.1, -0.05) is 18.2 Å². The summed E-state index contributed by atoms with van der Waals surface area (Å²) in [7, 11) is 0. The molecule has 1 amide bonds. The molecule has 1 aliphatic rings. The number of aromatic nitrogens is 2. The van der Waals surface area contributed by atoms with Gasteiger partial charge in [-0.05, 0) is 31.9 Å². The normalized spacial score (nSPS) is 15.9. The number of carbonyl (C=O) groups excluding carboxylic acids is 2. The third-order valence-electron chi connectivity index (χ3n) is 4.64. The molecule has 10 nitrogen and oxygen atoms in total. The molecule has 160 valence electrons. The number of esters is 1. The molecule has 1 atom stereocenters. The van der Waals surface area contributed by atoms with Gasteiger partial charge in [0, 0.05) is 13.1 Å². The Morgan fingerprint density at radius 1 is 1.27 bits per heavy atom. The van der Waals surface area contributed by atoms with Crippen LogP contribution in [0.4, 0.5) is 17.3 Å². The fourth-order valence-electron chi connectivity index (χ4n) is 3.19. The number of carbonyl (C=O) groups is 2. The number of nitrogens with one attached hydrogen (secondary N) is 2. The van der Waals surface area contributed by atoms with Crippen LogP contribution in [0.25, 0.3) is 0 Å². The van der Waals surface area contributed by atoms with Crippen LogP contribution in [-0.2, 0) is 14.3 Å². The minimum absolute atomic E-state index is 0.164. The summed E-state index contributed by atoms with van der Waals surface area (Å²) in [4.78, 5) is 34.4. The minimum atomic E-state index is -0.390. The fraction of sp³-hybridized carbons (Fsp3) is 0.400. The molecule has 0 aliphatic carbocycles. The van der Waals surface area contributed by atoms with Gasteiger partial charge in [-0.3, -0.25) is 20.4 Å². The lowest BCUT2D eigenvalue weighted by Crippen LogP contribution is -2.40. The first-order valence-corrected chi connectivity index (χ1v) is 9.83. The summed E-state index contributed by atoms with van der Waals surface area (Å²) in [6, 6.07) is 9.03. The van der Waals surface area contributed by atoms with E-state index in [1.54, 1.807) is 19.1 Å². The molecule has 1 fully saturated rings. The predicted molar refractivity (Wildman–Crippen MR) is 112 cm³/mol. The Kier molecular flexibility index (Phi) is 7.25. The van der Waals surface area contributed by atoms with E-state index in [0.717, 1.165) is 12.8 Å². The van der Waals surface area contributed by atoms with E-state index >= 15 is 0 Å². The number of amides is 1. The third kappa shape index (κ3) is 5.49. The molecule has 0 spiro atoms. The molecule has 1 aliphatic heterocycles. The van der Waals surface area contributed by atoms with E-state index in [4.69, 9.17) is 15.2 Å². The van der Waals surface area contributed by atoms with Crippen molar-refractivity contribution >= 4 is 29.2 Å². The molecule has 1 unspecified atom stereocenters. The summed E-state index contributed by atoms with van der Waals surface area (Å²) < 4.78 is 10.5. The number of rotatable bonds is 8. The van der Waals surface area contributed by atoms with Crippen molar-refractivity contribution in [2.75, 3.05) is 42.4 Å². The number of hydrogen-bond donors (Lipinski definition) is 3. The molecule has 1 saturated heterocycles. The molecule has 0 radical (unpaired) electrons. The third-order valence-corrected chi connectivity index (χ3v) is 4.64. The number of benzene rings is 1. The van der Waals surface area contributed by atoms with Gasteiger partial charge in [-0.15, -0.1) is 0 Å². The summed E-state index contributed by atoms with van der Waals surface area (Å²) in [6.45, 7) is 3.16. The predicted octanol–water partition coefficient (Wildman–Crippen LogP) is 1.36. The standard InChI is InChI=1S/C20H26N6O4/c1-2-29-20(28)14-7-6-10-26(11-14)19-17(21)18(22-13-23-19)25-24-16(27)12-30-15-8-4-3-5-9-15/h3-5,8-9,13-14H,2,6-7,10-12,21H2,1H3,(H,24,27)(H,22,23,25). The average molecular weight is 414 g/mol. The first-order chi connectivity index (χ1) is 14.6. The molecule has 0 bridgehead atoms. The van der Waals surface area contributed by atoms with Crippen molar-refractivity contribution in [3.05, 3.63) is 36.7 Å². The second-order valence-corrected chi connectivity index (χ2v) is 6.77. The van der Waals surface area contributed by atoms with Crippen LogP contribution in [0.15, 0.2) is 36.7 Å². The highest BCUT2D eigenvalue weighted by atomic mass is 16.5. The number of para-hydroxylation sites is 1. The zero-order valence-electron chi connectivity index (χ0n) is 16.8. The topological polar surface area (TPSA) is 132 Å². The highest BCUT2D eigenvalue weighted by molar-refractivity contribution is 5.81. The number of piperidine rings is 1. The minimum Gasteiger partial charge on any atom is -0.484 e. The number of nitrogens with zero attached hydrogens (tertiary/aromatic N) is 3. The van der Waals surface area contributed by atoms with E-state index in [1.165, 1.54) is 6.33 Å². The maximum Gasteiger partial charge on any atom is 0.310 e. The van der Waals surface area contributed by atoms with Crippen LogP contribution in [0, 0.1) is 5.92 Å².